The summed E-state index contributed by atoms with van der Waals surface area (Å²) in [5.41, 5.74) is 1.47. The van der Waals surface area contributed by atoms with Crippen molar-refractivity contribution in [2.45, 2.75) is 0 Å². The summed E-state index contributed by atoms with van der Waals surface area (Å²) in [6.07, 6.45) is 0. The van der Waals surface area contributed by atoms with Crippen molar-refractivity contribution in [2.24, 2.45) is 0 Å². The smallest absolute Gasteiger partial charge is 0.246 e. The van der Waals surface area contributed by atoms with Gasteiger partial charge in [-0.1, -0.05) is 11.6 Å². The van der Waals surface area contributed by atoms with Crippen molar-refractivity contribution in [3.63, 3.8) is 0 Å². The Morgan fingerprint density at radius 1 is 1.33 bits per heavy atom. The molecule has 0 atom stereocenters. The van der Waals surface area contributed by atoms with Gasteiger partial charge in [-0.2, -0.15) is 0 Å². The maximum absolute atomic E-state index is 12.3. The van der Waals surface area contributed by atoms with Gasteiger partial charge in [0.15, 0.2) is 0 Å². The van der Waals surface area contributed by atoms with E-state index < -0.39 is 0 Å². The summed E-state index contributed by atoms with van der Waals surface area (Å²) in [6, 6.07) is 5.23. The average molecular weight is 310 g/mol. The Morgan fingerprint density at radius 3 is 2.86 bits per heavy atom. The van der Waals surface area contributed by atoms with Crippen LogP contribution in [0.25, 0.3) is 0 Å². The van der Waals surface area contributed by atoms with Gasteiger partial charge in [-0.15, -0.1) is 0 Å². The van der Waals surface area contributed by atoms with Crippen molar-refractivity contribution in [3.05, 3.63) is 23.2 Å². The SMILES string of the molecule is O=C(CN1C(=O)CNc2cc(Cl)ccc21)N1CCOCC1. The van der Waals surface area contributed by atoms with Crippen molar-refractivity contribution in [3.8, 4) is 0 Å². The third-order valence-electron chi connectivity index (χ3n) is 3.64. The summed E-state index contributed by atoms with van der Waals surface area (Å²) in [7, 11) is 0. The van der Waals surface area contributed by atoms with Gasteiger partial charge in [-0.3, -0.25) is 14.5 Å². The van der Waals surface area contributed by atoms with Crippen LogP contribution in [0, 0.1) is 0 Å². The summed E-state index contributed by atoms with van der Waals surface area (Å²) in [4.78, 5) is 27.7. The number of benzene rings is 1. The van der Waals surface area contributed by atoms with Crippen molar-refractivity contribution < 1.29 is 14.3 Å². The first-order chi connectivity index (χ1) is 10.1. The molecule has 0 aliphatic carbocycles. The number of morpholine rings is 1. The molecule has 2 heterocycles. The first-order valence-electron chi connectivity index (χ1n) is 6.84. The zero-order valence-electron chi connectivity index (χ0n) is 11.5. The lowest BCUT2D eigenvalue weighted by Gasteiger charge is -2.33. The summed E-state index contributed by atoms with van der Waals surface area (Å²) in [5, 5.41) is 3.61. The van der Waals surface area contributed by atoms with Gasteiger partial charge in [-0.25, -0.2) is 0 Å². The van der Waals surface area contributed by atoms with Crippen LogP contribution in [-0.4, -0.2) is 56.1 Å². The van der Waals surface area contributed by atoms with Crippen molar-refractivity contribution in [1.82, 2.24) is 4.90 Å². The molecule has 1 fully saturated rings. The highest BCUT2D eigenvalue weighted by atomic mass is 35.5. The number of anilines is 2. The van der Waals surface area contributed by atoms with E-state index in [2.05, 4.69) is 5.32 Å². The Labute approximate surface area is 127 Å². The van der Waals surface area contributed by atoms with Gasteiger partial charge in [0.05, 0.1) is 31.1 Å². The number of nitrogens with one attached hydrogen (secondary N) is 1. The van der Waals surface area contributed by atoms with Crippen molar-refractivity contribution in [2.75, 3.05) is 49.6 Å². The average Bonchev–Trinajstić information content (AvgIpc) is 2.51. The molecule has 0 radical (unpaired) electrons. The van der Waals surface area contributed by atoms with Gasteiger partial charge in [0.2, 0.25) is 11.8 Å². The maximum atomic E-state index is 12.3. The number of amides is 2. The Kier molecular flexibility index (Phi) is 3.98. The molecular formula is C14H16ClN3O3. The second-order valence-corrected chi connectivity index (χ2v) is 5.42. The standard InChI is InChI=1S/C14H16ClN3O3/c15-10-1-2-12-11(7-10)16-8-13(19)18(12)9-14(20)17-3-5-21-6-4-17/h1-2,7,16H,3-6,8-9H2. The van der Waals surface area contributed by atoms with E-state index in [0.717, 1.165) is 5.69 Å². The van der Waals surface area contributed by atoms with Crippen LogP contribution < -0.4 is 10.2 Å². The van der Waals surface area contributed by atoms with Crippen LogP contribution in [-0.2, 0) is 14.3 Å². The molecule has 21 heavy (non-hydrogen) atoms. The topological polar surface area (TPSA) is 61.9 Å². The van der Waals surface area contributed by atoms with E-state index in [4.69, 9.17) is 16.3 Å². The molecule has 1 aromatic rings. The molecule has 2 aliphatic rings. The Morgan fingerprint density at radius 2 is 2.10 bits per heavy atom. The molecule has 0 aromatic heterocycles. The minimum Gasteiger partial charge on any atom is -0.378 e. The van der Waals surface area contributed by atoms with E-state index in [0.29, 0.717) is 37.0 Å². The highest BCUT2D eigenvalue weighted by Crippen LogP contribution is 2.31. The Bertz CT molecular complexity index is 573. The predicted molar refractivity (Wildman–Crippen MR) is 79.7 cm³/mol. The highest BCUT2D eigenvalue weighted by Gasteiger charge is 2.28. The number of hydrogen-bond acceptors (Lipinski definition) is 4. The maximum Gasteiger partial charge on any atom is 0.246 e. The first-order valence-corrected chi connectivity index (χ1v) is 7.22. The van der Waals surface area contributed by atoms with E-state index in [1.165, 1.54) is 4.90 Å². The number of carbonyl (C=O) groups excluding carboxylic acids is 2. The van der Waals surface area contributed by atoms with Crippen molar-refractivity contribution in [1.29, 1.82) is 0 Å². The van der Waals surface area contributed by atoms with Gasteiger partial charge >= 0.3 is 0 Å². The molecule has 1 aromatic carbocycles. The molecule has 7 heteroatoms. The van der Waals surface area contributed by atoms with Crippen LogP contribution in [0.3, 0.4) is 0 Å². The van der Waals surface area contributed by atoms with Crippen LogP contribution in [0.4, 0.5) is 11.4 Å². The van der Waals surface area contributed by atoms with Crippen LogP contribution >= 0.6 is 11.6 Å². The number of fused-ring (bicyclic) bond motifs is 1. The third-order valence-corrected chi connectivity index (χ3v) is 3.87. The molecule has 1 saturated heterocycles. The Hall–Kier alpha value is -1.79. The first kappa shape index (κ1) is 14.2. The van der Waals surface area contributed by atoms with Crippen molar-refractivity contribution >= 4 is 34.8 Å². The lowest BCUT2D eigenvalue weighted by atomic mass is 10.2. The summed E-state index contributed by atoms with van der Waals surface area (Å²) in [5.74, 6) is -0.180. The second-order valence-electron chi connectivity index (χ2n) is 4.99. The zero-order valence-corrected chi connectivity index (χ0v) is 12.2. The van der Waals surface area contributed by atoms with Crippen LogP contribution in [0.15, 0.2) is 18.2 Å². The Balaban J connectivity index is 1.78. The summed E-state index contributed by atoms with van der Waals surface area (Å²) in [6.45, 7) is 2.47. The number of carbonyl (C=O) groups is 2. The molecule has 6 nitrogen and oxygen atoms in total. The summed E-state index contributed by atoms with van der Waals surface area (Å²) >= 11 is 5.96. The highest BCUT2D eigenvalue weighted by molar-refractivity contribution is 6.31. The van der Waals surface area contributed by atoms with E-state index in [1.54, 1.807) is 23.1 Å². The zero-order chi connectivity index (χ0) is 14.8. The van der Waals surface area contributed by atoms with E-state index in [9.17, 15) is 9.59 Å². The monoisotopic (exact) mass is 309 g/mol. The van der Waals surface area contributed by atoms with Gasteiger partial charge in [-0.05, 0) is 18.2 Å². The number of rotatable bonds is 2. The molecule has 1 N–H and O–H groups in total. The minimum absolute atomic E-state index is 0.0507. The molecule has 2 amide bonds. The van der Waals surface area contributed by atoms with Crippen LogP contribution in [0.5, 0.6) is 0 Å². The van der Waals surface area contributed by atoms with Crippen LogP contribution in [0.1, 0.15) is 0 Å². The fourth-order valence-corrected chi connectivity index (χ4v) is 2.68. The quantitative estimate of drug-likeness (QED) is 0.884. The fourth-order valence-electron chi connectivity index (χ4n) is 2.51. The van der Waals surface area contributed by atoms with Gasteiger partial charge in [0, 0.05) is 18.1 Å². The number of hydrogen-bond donors (Lipinski definition) is 1. The van der Waals surface area contributed by atoms with Crippen LogP contribution in [0.2, 0.25) is 5.02 Å². The molecule has 0 unspecified atom stereocenters. The minimum atomic E-state index is -0.119. The lowest BCUT2D eigenvalue weighted by Crippen LogP contribution is -2.49. The number of ether oxygens (including phenoxy) is 1. The molecule has 0 spiro atoms. The third kappa shape index (κ3) is 2.96. The number of nitrogens with zero attached hydrogens (tertiary/aromatic N) is 2. The largest absolute Gasteiger partial charge is 0.378 e. The molecular weight excluding hydrogens is 294 g/mol. The fraction of sp³-hybridized carbons (Fsp3) is 0.429. The molecule has 0 saturated carbocycles. The van der Waals surface area contributed by atoms with Gasteiger partial charge in [0.25, 0.3) is 0 Å². The molecule has 112 valence electrons. The van der Waals surface area contributed by atoms with E-state index in [1.807, 2.05) is 0 Å². The molecule has 2 aliphatic heterocycles. The van der Waals surface area contributed by atoms with Gasteiger partial charge < -0.3 is 15.0 Å². The van der Waals surface area contributed by atoms with E-state index >= 15 is 0 Å². The normalized spacial score (nSPS) is 18.2. The second kappa shape index (κ2) is 5.91. The lowest BCUT2D eigenvalue weighted by molar-refractivity contribution is -0.134. The van der Waals surface area contributed by atoms with E-state index in [-0.39, 0.29) is 24.9 Å². The molecule has 3 rings (SSSR count). The molecule has 0 bridgehead atoms. The van der Waals surface area contributed by atoms with Gasteiger partial charge in [0.1, 0.15) is 6.54 Å². The predicted octanol–water partition coefficient (Wildman–Crippen LogP) is 0.957. The number of halogens is 1. The summed E-state index contributed by atoms with van der Waals surface area (Å²) < 4.78 is 5.23.